The van der Waals surface area contributed by atoms with Gasteiger partial charge in [-0.1, -0.05) is 61.2 Å². The van der Waals surface area contributed by atoms with E-state index in [9.17, 15) is 5.11 Å². The van der Waals surface area contributed by atoms with Crippen molar-refractivity contribution in [2.75, 3.05) is 0 Å². The molecular weight excluding hydrogens is 264 g/mol. The van der Waals surface area contributed by atoms with E-state index in [1.807, 2.05) is 24.3 Å². The summed E-state index contributed by atoms with van der Waals surface area (Å²) in [6, 6.07) is 7.99. The molecule has 2 atom stereocenters. The number of halogens is 1. The number of aliphatic hydroxyl groups excluding tert-OH is 1. The molecule has 0 bridgehead atoms. The zero-order valence-corrected chi connectivity index (χ0v) is 11.7. The van der Waals surface area contributed by atoms with E-state index in [1.165, 1.54) is 12.8 Å². The van der Waals surface area contributed by atoms with Gasteiger partial charge in [0.2, 0.25) is 0 Å². The van der Waals surface area contributed by atoms with Gasteiger partial charge in [0.15, 0.2) is 0 Å². The molecule has 90 valence electrons. The van der Waals surface area contributed by atoms with E-state index in [0.29, 0.717) is 5.92 Å². The van der Waals surface area contributed by atoms with Crippen LogP contribution in [0.4, 0.5) is 0 Å². The van der Waals surface area contributed by atoms with Gasteiger partial charge in [0, 0.05) is 4.47 Å². The smallest absolute Gasteiger partial charge is 0.0818 e. The molecule has 0 aliphatic heterocycles. The lowest BCUT2D eigenvalue weighted by molar-refractivity contribution is 0.0989. The molecule has 0 aliphatic carbocycles. The Kier molecular flexibility index (Phi) is 6.07. The molecule has 0 aromatic heterocycles. The second-order valence-electron chi connectivity index (χ2n) is 4.31. The topological polar surface area (TPSA) is 20.2 Å². The summed E-state index contributed by atoms with van der Waals surface area (Å²) >= 11 is 3.44. The Morgan fingerprint density at radius 2 is 2.06 bits per heavy atom. The van der Waals surface area contributed by atoms with Crippen molar-refractivity contribution in [2.45, 2.75) is 45.6 Å². The Balaban J connectivity index is 2.70. The second kappa shape index (κ2) is 7.08. The van der Waals surface area contributed by atoms with E-state index < -0.39 is 0 Å². The van der Waals surface area contributed by atoms with E-state index in [1.54, 1.807) is 0 Å². The van der Waals surface area contributed by atoms with Crippen molar-refractivity contribution in [2.24, 2.45) is 5.92 Å². The molecule has 0 spiro atoms. The predicted molar refractivity (Wildman–Crippen MR) is 72.4 cm³/mol. The van der Waals surface area contributed by atoms with Gasteiger partial charge < -0.3 is 5.11 Å². The van der Waals surface area contributed by atoms with Crippen LogP contribution in [0.3, 0.4) is 0 Å². The third-order valence-electron chi connectivity index (χ3n) is 3.09. The van der Waals surface area contributed by atoms with Crippen molar-refractivity contribution < 1.29 is 5.11 Å². The number of hydrogen-bond acceptors (Lipinski definition) is 1. The largest absolute Gasteiger partial charge is 0.388 e. The third-order valence-corrected chi connectivity index (χ3v) is 3.58. The van der Waals surface area contributed by atoms with Crippen LogP contribution in [-0.2, 0) is 0 Å². The highest BCUT2D eigenvalue weighted by Gasteiger charge is 2.18. The van der Waals surface area contributed by atoms with Gasteiger partial charge >= 0.3 is 0 Å². The van der Waals surface area contributed by atoms with Gasteiger partial charge in [-0.2, -0.15) is 0 Å². The molecule has 1 aromatic carbocycles. The van der Waals surface area contributed by atoms with E-state index in [0.717, 1.165) is 22.9 Å². The fourth-order valence-corrected chi connectivity index (χ4v) is 2.43. The molecule has 0 fully saturated rings. The van der Waals surface area contributed by atoms with Crippen LogP contribution in [0.2, 0.25) is 0 Å². The van der Waals surface area contributed by atoms with Gasteiger partial charge in [0.1, 0.15) is 0 Å². The van der Waals surface area contributed by atoms with Gasteiger partial charge in [-0.15, -0.1) is 0 Å². The molecule has 2 heteroatoms. The number of hydrogen-bond donors (Lipinski definition) is 1. The Labute approximate surface area is 107 Å². The van der Waals surface area contributed by atoms with Gasteiger partial charge in [0.25, 0.3) is 0 Å². The summed E-state index contributed by atoms with van der Waals surface area (Å²) < 4.78 is 1.04. The monoisotopic (exact) mass is 284 g/mol. The first-order chi connectivity index (χ1) is 7.69. The van der Waals surface area contributed by atoms with Crippen LogP contribution in [0.25, 0.3) is 0 Å². The maximum atomic E-state index is 10.3. The molecule has 16 heavy (non-hydrogen) atoms. The molecule has 1 rings (SSSR count). The van der Waals surface area contributed by atoms with E-state index in [-0.39, 0.29) is 6.10 Å². The lowest BCUT2D eigenvalue weighted by Crippen LogP contribution is -2.11. The SMILES string of the molecule is CCCCC(CC)C(O)c1cccc(Br)c1. The minimum absolute atomic E-state index is 0.325. The third kappa shape index (κ3) is 3.91. The predicted octanol–water partition coefficient (Wildman–Crippen LogP) is 4.70. The Hall–Kier alpha value is -0.340. The molecular formula is C14H21BrO. The highest BCUT2D eigenvalue weighted by Crippen LogP contribution is 2.30. The Morgan fingerprint density at radius 1 is 1.31 bits per heavy atom. The van der Waals surface area contributed by atoms with Gasteiger partial charge in [-0.25, -0.2) is 0 Å². The molecule has 1 N–H and O–H groups in total. The van der Waals surface area contributed by atoms with Crippen molar-refractivity contribution in [1.82, 2.24) is 0 Å². The number of rotatable bonds is 6. The highest BCUT2D eigenvalue weighted by atomic mass is 79.9. The number of benzene rings is 1. The lowest BCUT2D eigenvalue weighted by atomic mass is 9.89. The quantitative estimate of drug-likeness (QED) is 0.803. The molecule has 0 amide bonds. The van der Waals surface area contributed by atoms with Crippen LogP contribution in [0.5, 0.6) is 0 Å². The van der Waals surface area contributed by atoms with Gasteiger partial charge in [-0.3, -0.25) is 0 Å². The molecule has 0 heterocycles. The Bertz CT molecular complexity index is 311. The van der Waals surface area contributed by atoms with Crippen molar-refractivity contribution in [3.8, 4) is 0 Å². The first-order valence-corrected chi connectivity index (χ1v) is 6.91. The van der Waals surface area contributed by atoms with Crippen LogP contribution < -0.4 is 0 Å². The van der Waals surface area contributed by atoms with Crippen molar-refractivity contribution in [3.05, 3.63) is 34.3 Å². The van der Waals surface area contributed by atoms with Gasteiger partial charge in [-0.05, 0) is 30.0 Å². The van der Waals surface area contributed by atoms with Crippen molar-refractivity contribution >= 4 is 15.9 Å². The molecule has 1 aromatic rings. The molecule has 0 aliphatic rings. The van der Waals surface area contributed by atoms with Crippen LogP contribution in [-0.4, -0.2) is 5.11 Å². The first kappa shape index (κ1) is 13.7. The summed E-state index contributed by atoms with van der Waals surface area (Å²) in [4.78, 5) is 0. The summed E-state index contributed by atoms with van der Waals surface area (Å²) in [5, 5.41) is 10.3. The summed E-state index contributed by atoms with van der Waals surface area (Å²) in [7, 11) is 0. The van der Waals surface area contributed by atoms with Crippen LogP contribution in [0, 0.1) is 5.92 Å². The molecule has 0 saturated heterocycles. The highest BCUT2D eigenvalue weighted by molar-refractivity contribution is 9.10. The summed E-state index contributed by atoms with van der Waals surface area (Å²) in [6.45, 7) is 4.35. The zero-order chi connectivity index (χ0) is 12.0. The van der Waals surface area contributed by atoms with E-state index in [2.05, 4.69) is 29.8 Å². The normalized spacial score (nSPS) is 14.8. The van der Waals surface area contributed by atoms with Crippen LogP contribution >= 0.6 is 15.9 Å². The van der Waals surface area contributed by atoms with Crippen LogP contribution in [0.1, 0.15) is 51.2 Å². The first-order valence-electron chi connectivity index (χ1n) is 6.12. The van der Waals surface area contributed by atoms with E-state index in [4.69, 9.17) is 0 Å². The number of aliphatic hydroxyl groups is 1. The van der Waals surface area contributed by atoms with Gasteiger partial charge in [0.05, 0.1) is 6.10 Å². The van der Waals surface area contributed by atoms with Crippen LogP contribution in [0.15, 0.2) is 28.7 Å². The average molecular weight is 285 g/mol. The summed E-state index contributed by atoms with van der Waals surface area (Å²) in [5.41, 5.74) is 1.03. The average Bonchev–Trinajstić information content (AvgIpc) is 2.29. The summed E-state index contributed by atoms with van der Waals surface area (Å²) in [5.74, 6) is 0.384. The molecule has 0 radical (unpaired) electrons. The number of unbranched alkanes of at least 4 members (excludes halogenated alkanes) is 1. The van der Waals surface area contributed by atoms with Crippen molar-refractivity contribution in [3.63, 3.8) is 0 Å². The molecule has 1 nitrogen and oxygen atoms in total. The summed E-state index contributed by atoms with van der Waals surface area (Å²) in [6.07, 6.45) is 4.22. The maximum Gasteiger partial charge on any atom is 0.0818 e. The standard InChI is InChI=1S/C14H21BrO/c1-3-5-7-11(4-2)14(16)12-8-6-9-13(15)10-12/h6,8-11,14,16H,3-5,7H2,1-2H3. The maximum absolute atomic E-state index is 10.3. The minimum Gasteiger partial charge on any atom is -0.388 e. The van der Waals surface area contributed by atoms with E-state index >= 15 is 0 Å². The zero-order valence-electron chi connectivity index (χ0n) is 10.1. The lowest BCUT2D eigenvalue weighted by Gasteiger charge is -2.22. The Morgan fingerprint density at radius 3 is 2.62 bits per heavy atom. The fourth-order valence-electron chi connectivity index (χ4n) is 2.01. The molecule has 0 saturated carbocycles. The fraction of sp³-hybridized carbons (Fsp3) is 0.571. The minimum atomic E-state index is -0.325. The molecule has 2 unspecified atom stereocenters. The van der Waals surface area contributed by atoms with Crippen molar-refractivity contribution in [1.29, 1.82) is 0 Å². The second-order valence-corrected chi connectivity index (χ2v) is 5.23.